The van der Waals surface area contributed by atoms with Crippen LogP contribution in [0.25, 0.3) is 0 Å². The lowest BCUT2D eigenvalue weighted by Crippen LogP contribution is -2.12. The van der Waals surface area contributed by atoms with E-state index in [1.807, 2.05) is 39.1 Å². The highest BCUT2D eigenvalue weighted by Gasteiger charge is 2.15. The first-order chi connectivity index (χ1) is 8.63. The number of rotatable bonds is 3. The molecule has 0 aliphatic heterocycles. The Morgan fingerprint density at radius 2 is 2.22 bits per heavy atom. The second-order valence-corrected chi connectivity index (χ2v) is 4.17. The van der Waals surface area contributed by atoms with E-state index in [0.717, 1.165) is 17.2 Å². The van der Waals surface area contributed by atoms with E-state index >= 15 is 0 Å². The van der Waals surface area contributed by atoms with Crippen molar-refractivity contribution >= 4 is 5.82 Å². The van der Waals surface area contributed by atoms with Gasteiger partial charge in [0.2, 0.25) is 0 Å². The summed E-state index contributed by atoms with van der Waals surface area (Å²) in [5, 5.41) is 16.7. The van der Waals surface area contributed by atoms with E-state index in [1.165, 1.54) is 0 Å². The minimum Gasteiger partial charge on any atom is -0.361 e. The van der Waals surface area contributed by atoms with Gasteiger partial charge in [-0.3, -0.25) is 9.67 Å². The molecule has 0 aliphatic rings. The van der Waals surface area contributed by atoms with E-state index in [-0.39, 0.29) is 6.04 Å². The predicted octanol–water partition coefficient (Wildman–Crippen LogP) is 2.17. The van der Waals surface area contributed by atoms with Gasteiger partial charge in [0.05, 0.1) is 17.4 Å². The molecule has 92 valence electrons. The lowest BCUT2D eigenvalue weighted by molar-refractivity contribution is 0.736. The Balaban J connectivity index is 2.28. The van der Waals surface area contributed by atoms with Gasteiger partial charge >= 0.3 is 0 Å². The van der Waals surface area contributed by atoms with Crippen molar-refractivity contribution in [3.05, 3.63) is 41.3 Å². The van der Waals surface area contributed by atoms with Crippen LogP contribution in [0.2, 0.25) is 0 Å². The third-order valence-corrected chi connectivity index (χ3v) is 2.82. The number of nitriles is 1. The first-order valence-corrected chi connectivity index (χ1v) is 5.74. The van der Waals surface area contributed by atoms with E-state index in [9.17, 15) is 0 Å². The van der Waals surface area contributed by atoms with Crippen molar-refractivity contribution in [1.82, 2.24) is 14.8 Å². The highest BCUT2D eigenvalue weighted by Crippen LogP contribution is 2.22. The molecule has 2 heterocycles. The van der Waals surface area contributed by atoms with E-state index in [4.69, 9.17) is 5.26 Å². The molecule has 0 aliphatic carbocycles. The van der Waals surface area contributed by atoms with Crippen molar-refractivity contribution < 1.29 is 0 Å². The Morgan fingerprint density at radius 1 is 1.44 bits per heavy atom. The Labute approximate surface area is 106 Å². The van der Waals surface area contributed by atoms with E-state index in [0.29, 0.717) is 5.56 Å². The van der Waals surface area contributed by atoms with Gasteiger partial charge in [-0.2, -0.15) is 10.4 Å². The number of hydrogen-bond donors (Lipinski definition) is 1. The first-order valence-electron chi connectivity index (χ1n) is 5.74. The molecule has 0 amide bonds. The molecule has 5 nitrogen and oxygen atoms in total. The Bertz CT molecular complexity index is 579. The monoisotopic (exact) mass is 241 g/mol. The van der Waals surface area contributed by atoms with Gasteiger partial charge in [0.15, 0.2) is 0 Å². The summed E-state index contributed by atoms with van der Waals surface area (Å²) in [5.74, 6) is 0.730. The number of anilines is 1. The van der Waals surface area contributed by atoms with E-state index in [2.05, 4.69) is 21.5 Å². The van der Waals surface area contributed by atoms with Gasteiger partial charge in [0, 0.05) is 13.2 Å². The molecule has 2 rings (SSSR count). The summed E-state index contributed by atoms with van der Waals surface area (Å²) in [6, 6.07) is 7.97. The van der Waals surface area contributed by atoms with Crippen molar-refractivity contribution in [2.75, 3.05) is 5.32 Å². The summed E-state index contributed by atoms with van der Waals surface area (Å²) in [6.45, 7) is 3.83. The second kappa shape index (κ2) is 4.88. The number of pyridine rings is 1. The minimum absolute atomic E-state index is 0.0214. The third kappa shape index (κ3) is 2.18. The summed E-state index contributed by atoms with van der Waals surface area (Å²) < 4.78 is 1.69. The van der Waals surface area contributed by atoms with Gasteiger partial charge in [-0.1, -0.05) is 6.07 Å². The van der Waals surface area contributed by atoms with Crippen LogP contribution in [0, 0.1) is 18.3 Å². The van der Waals surface area contributed by atoms with Crippen molar-refractivity contribution in [1.29, 1.82) is 5.26 Å². The predicted molar refractivity (Wildman–Crippen MR) is 68.9 cm³/mol. The summed E-state index contributed by atoms with van der Waals surface area (Å²) in [5.41, 5.74) is 2.25. The maximum absolute atomic E-state index is 9.14. The van der Waals surface area contributed by atoms with Crippen molar-refractivity contribution in [3.8, 4) is 6.07 Å². The number of aromatic nitrogens is 3. The molecule has 1 atom stereocenters. The molecule has 2 aromatic heterocycles. The quantitative estimate of drug-likeness (QED) is 0.894. The maximum atomic E-state index is 9.14. The molecule has 0 bridgehead atoms. The highest BCUT2D eigenvalue weighted by atomic mass is 15.3. The molecule has 0 radical (unpaired) electrons. The standard InChI is InChI=1S/C13H15N5/c1-9-11(8-14)13(18(3)17-9)16-10(2)12-6-4-5-7-15-12/h4-7,10,16H,1-3H3. The fourth-order valence-electron chi connectivity index (χ4n) is 1.87. The zero-order valence-corrected chi connectivity index (χ0v) is 10.7. The minimum atomic E-state index is 0.0214. The molecule has 5 heteroatoms. The molecule has 0 spiro atoms. The molecular formula is C13H15N5. The van der Waals surface area contributed by atoms with Crippen LogP contribution in [-0.4, -0.2) is 14.8 Å². The van der Waals surface area contributed by atoms with Gasteiger partial charge < -0.3 is 5.32 Å². The molecule has 0 aromatic carbocycles. The fourth-order valence-corrected chi connectivity index (χ4v) is 1.87. The Hall–Kier alpha value is -2.35. The van der Waals surface area contributed by atoms with Crippen LogP contribution in [-0.2, 0) is 7.05 Å². The summed E-state index contributed by atoms with van der Waals surface area (Å²) in [6.07, 6.45) is 1.76. The lowest BCUT2D eigenvalue weighted by atomic mass is 10.2. The zero-order valence-electron chi connectivity index (χ0n) is 10.7. The number of nitrogens with zero attached hydrogens (tertiary/aromatic N) is 4. The first kappa shape index (κ1) is 12.1. The summed E-state index contributed by atoms with van der Waals surface area (Å²) in [7, 11) is 1.82. The molecular weight excluding hydrogens is 226 g/mol. The lowest BCUT2D eigenvalue weighted by Gasteiger charge is -2.14. The van der Waals surface area contributed by atoms with Crippen LogP contribution in [0.15, 0.2) is 24.4 Å². The molecule has 0 fully saturated rings. The largest absolute Gasteiger partial charge is 0.361 e. The molecule has 0 saturated heterocycles. The van der Waals surface area contributed by atoms with Crippen LogP contribution in [0.5, 0.6) is 0 Å². The van der Waals surface area contributed by atoms with Gasteiger partial charge in [0.25, 0.3) is 0 Å². The molecule has 1 N–H and O–H groups in total. The molecule has 0 saturated carbocycles. The Morgan fingerprint density at radius 3 is 2.83 bits per heavy atom. The third-order valence-electron chi connectivity index (χ3n) is 2.82. The molecule has 2 aromatic rings. The molecule has 18 heavy (non-hydrogen) atoms. The smallest absolute Gasteiger partial charge is 0.142 e. The second-order valence-electron chi connectivity index (χ2n) is 4.17. The van der Waals surface area contributed by atoms with Crippen LogP contribution < -0.4 is 5.32 Å². The van der Waals surface area contributed by atoms with Crippen molar-refractivity contribution in [3.63, 3.8) is 0 Å². The van der Waals surface area contributed by atoms with Gasteiger partial charge in [0.1, 0.15) is 17.5 Å². The number of aryl methyl sites for hydroxylation is 2. The molecule has 1 unspecified atom stereocenters. The van der Waals surface area contributed by atoms with E-state index < -0.39 is 0 Å². The topological polar surface area (TPSA) is 66.5 Å². The van der Waals surface area contributed by atoms with Crippen LogP contribution in [0.3, 0.4) is 0 Å². The number of hydrogen-bond acceptors (Lipinski definition) is 4. The van der Waals surface area contributed by atoms with Crippen molar-refractivity contribution in [2.24, 2.45) is 7.05 Å². The number of nitrogens with one attached hydrogen (secondary N) is 1. The van der Waals surface area contributed by atoms with Gasteiger partial charge in [-0.25, -0.2) is 0 Å². The normalized spacial score (nSPS) is 11.9. The summed E-state index contributed by atoms with van der Waals surface area (Å²) in [4.78, 5) is 4.29. The van der Waals surface area contributed by atoms with Crippen LogP contribution >= 0.6 is 0 Å². The van der Waals surface area contributed by atoms with Crippen LogP contribution in [0.4, 0.5) is 5.82 Å². The fraction of sp³-hybridized carbons (Fsp3) is 0.308. The Kier molecular flexibility index (Phi) is 3.28. The SMILES string of the molecule is Cc1nn(C)c(NC(C)c2ccccn2)c1C#N. The highest BCUT2D eigenvalue weighted by molar-refractivity contribution is 5.55. The van der Waals surface area contributed by atoms with Gasteiger partial charge in [-0.05, 0) is 26.0 Å². The van der Waals surface area contributed by atoms with E-state index in [1.54, 1.807) is 10.9 Å². The maximum Gasteiger partial charge on any atom is 0.142 e. The van der Waals surface area contributed by atoms with Crippen LogP contribution in [0.1, 0.15) is 29.9 Å². The zero-order chi connectivity index (χ0) is 13.1. The average Bonchev–Trinajstić information content (AvgIpc) is 2.64. The summed E-state index contributed by atoms with van der Waals surface area (Å²) >= 11 is 0. The van der Waals surface area contributed by atoms with Gasteiger partial charge in [-0.15, -0.1) is 0 Å². The van der Waals surface area contributed by atoms with Crippen molar-refractivity contribution in [2.45, 2.75) is 19.9 Å². The average molecular weight is 241 g/mol.